The Bertz CT molecular complexity index is 1000. The molecule has 9 heteroatoms. The van der Waals surface area contributed by atoms with E-state index < -0.39 is 5.91 Å². The molecule has 0 unspecified atom stereocenters. The molecular weight excluding hydrogens is 362 g/mol. The first-order chi connectivity index (χ1) is 13.6. The fourth-order valence-electron chi connectivity index (χ4n) is 3.00. The normalized spacial score (nSPS) is 14.2. The van der Waals surface area contributed by atoms with Crippen molar-refractivity contribution in [2.45, 2.75) is 6.54 Å². The number of amides is 1. The average molecular weight is 381 g/mol. The summed E-state index contributed by atoms with van der Waals surface area (Å²) in [5.74, 6) is -0.0218. The minimum Gasteiger partial charge on any atom is -0.505 e. The fraction of sp³-hybridized carbons (Fsp3) is 0.263. The van der Waals surface area contributed by atoms with E-state index in [0.717, 1.165) is 18.9 Å². The van der Waals surface area contributed by atoms with Gasteiger partial charge in [-0.25, -0.2) is 15.0 Å². The van der Waals surface area contributed by atoms with Crippen molar-refractivity contribution in [1.82, 2.24) is 20.3 Å². The number of pyridine rings is 3. The molecule has 0 spiro atoms. The molecule has 1 aliphatic rings. The van der Waals surface area contributed by atoms with Gasteiger partial charge in [-0.2, -0.15) is 0 Å². The van der Waals surface area contributed by atoms with Gasteiger partial charge >= 0.3 is 0 Å². The van der Waals surface area contributed by atoms with Crippen LogP contribution in [0, 0.1) is 0 Å². The lowest BCUT2D eigenvalue weighted by atomic mass is 10.2. The number of fused-ring (bicyclic) bond motifs is 1. The van der Waals surface area contributed by atoms with Crippen molar-refractivity contribution in [2.24, 2.45) is 0 Å². The number of nitrogens with zero attached hydrogens (tertiary/aromatic N) is 4. The highest BCUT2D eigenvalue weighted by atomic mass is 16.5. The van der Waals surface area contributed by atoms with Gasteiger partial charge in [0.05, 0.1) is 24.9 Å². The Balaban J connectivity index is 1.53. The molecule has 0 aliphatic carbocycles. The summed E-state index contributed by atoms with van der Waals surface area (Å²) in [7, 11) is 0. The lowest BCUT2D eigenvalue weighted by Gasteiger charge is -2.27. The van der Waals surface area contributed by atoms with Crippen molar-refractivity contribution in [2.75, 3.05) is 31.2 Å². The van der Waals surface area contributed by atoms with Crippen molar-refractivity contribution >= 4 is 22.6 Å². The molecule has 4 heterocycles. The third-order valence-electron chi connectivity index (χ3n) is 4.52. The number of morpholine rings is 1. The van der Waals surface area contributed by atoms with E-state index in [2.05, 4.69) is 25.2 Å². The van der Waals surface area contributed by atoms with Crippen LogP contribution in [-0.2, 0) is 11.3 Å². The largest absolute Gasteiger partial charge is 0.505 e. The molecule has 0 aromatic carbocycles. The quantitative estimate of drug-likeness (QED) is 0.617. The Labute approximate surface area is 160 Å². The molecule has 144 valence electrons. The number of carbonyl (C=O) groups excluding carboxylic acids is 1. The van der Waals surface area contributed by atoms with Crippen LogP contribution < -0.4 is 10.2 Å². The zero-order chi connectivity index (χ0) is 19.5. The van der Waals surface area contributed by atoms with E-state index in [0.29, 0.717) is 29.7 Å². The molecule has 1 aliphatic heterocycles. The summed E-state index contributed by atoms with van der Waals surface area (Å²) in [4.78, 5) is 26.9. The number of anilines is 1. The number of hydrogen-bond donors (Lipinski definition) is 3. The van der Waals surface area contributed by atoms with Crippen LogP contribution >= 0.6 is 0 Å². The summed E-state index contributed by atoms with van der Waals surface area (Å²) in [5.41, 5.74) is 1.16. The van der Waals surface area contributed by atoms with Crippen LogP contribution in [0.4, 0.5) is 5.82 Å². The van der Waals surface area contributed by atoms with Crippen molar-refractivity contribution in [3.8, 4) is 11.6 Å². The summed E-state index contributed by atoms with van der Waals surface area (Å²) in [6.45, 7) is 3.01. The Morgan fingerprint density at radius 1 is 1.11 bits per heavy atom. The van der Waals surface area contributed by atoms with E-state index in [-0.39, 0.29) is 23.9 Å². The second-order valence-electron chi connectivity index (χ2n) is 6.36. The topological polar surface area (TPSA) is 121 Å². The Hall–Kier alpha value is -3.46. The number of ether oxygens (including phenoxy) is 1. The molecule has 28 heavy (non-hydrogen) atoms. The van der Waals surface area contributed by atoms with Crippen molar-refractivity contribution in [3.05, 3.63) is 47.9 Å². The number of aromatic nitrogens is 3. The predicted octanol–water partition coefficient (Wildman–Crippen LogP) is 1.20. The molecule has 1 saturated heterocycles. The van der Waals surface area contributed by atoms with Gasteiger partial charge in [0.15, 0.2) is 11.4 Å². The summed E-state index contributed by atoms with van der Waals surface area (Å²) in [6.07, 6.45) is 2.94. The molecule has 3 aromatic rings. The van der Waals surface area contributed by atoms with Gasteiger partial charge in [-0.15, -0.1) is 0 Å². The van der Waals surface area contributed by atoms with Crippen LogP contribution in [-0.4, -0.2) is 57.4 Å². The summed E-state index contributed by atoms with van der Waals surface area (Å²) >= 11 is 0. The Kier molecular flexibility index (Phi) is 4.90. The van der Waals surface area contributed by atoms with Gasteiger partial charge in [-0.1, -0.05) is 6.07 Å². The zero-order valence-corrected chi connectivity index (χ0v) is 15.0. The zero-order valence-electron chi connectivity index (χ0n) is 15.0. The maximum atomic E-state index is 12.4. The third kappa shape index (κ3) is 3.65. The van der Waals surface area contributed by atoms with Gasteiger partial charge in [0.2, 0.25) is 5.88 Å². The smallest absolute Gasteiger partial charge is 0.274 e. The standard InChI is InChI=1S/C19H19N5O4/c25-16-4-1-12(9-20-16)10-22-19(27)17-18(26)13-2-3-15(23-14(13)11-21-17)24-5-7-28-8-6-24/h1-4,9,11,26H,5-8,10H2,(H,20,25)(H,22,27). The van der Waals surface area contributed by atoms with Crippen LogP contribution in [0.2, 0.25) is 0 Å². The van der Waals surface area contributed by atoms with E-state index in [1.165, 1.54) is 18.5 Å². The van der Waals surface area contributed by atoms with Gasteiger partial charge in [0.1, 0.15) is 5.82 Å². The van der Waals surface area contributed by atoms with E-state index in [4.69, 9.17) is 4.74 Å². The van der Waals surface area contributed by atoms with Crippen LogP contribution in [0.15, 0.2) is 36.7 Å². The van der Waals surface area contributed by atoms with E-state index in [1.54, 1.807) is 12.1 Å². The van der Waals surface area contributed by atoms with Crippen LogP contribution in [0.1, 0.15) is 16.1 Å². The number of nitrogens with one attached hydrogen (secondary N) is 1. The summed E-state index contributed by atoms with van der Waals surface area (Å²) in [6, 6.07) is 6.64. The first-order valence-electron chi connectivity index (χ1n) is 8.85. The molecule has 0 bridgehead atoms. The van der Waals surface area contributed by atoms with Gasteiger partial charge in [-0.3, -0.25) is 4.79 Å². The molecule has 9 nitrogen and oxygen atoms in total. The third-order valence-corrected chi connectivity index (χ3v) is 4.52. The molecule has 1 amide bonds. The second-order valence-corrected chi connectivity index (χ2v) is 6.36. The number of carbonyl (C=O) groups is 1. The molecule has 3 aromatic heterocycles. The van der Waals surface area contributed by atoms with Crippen LogP contribution in [0.25, 0.3) is 10.9 Å². The minimum atomic E-state index is -0.510. The average Bonchev–Trinajstić information content (AvgIpc) is 2.74. The van der Waals surface area contributed by atoms with Crippen molar-refractivity contribution < 1.29 is 19.7 Å². The number of hydrogen-bond acceptors (Lipinski definition) is 8. The van der Waals surface area contributed by atoms with Crippen LogP contribution in [0.5, 0.6) is 11.6 Å². The fourth-order valence-corrected chi connectivity index (χ4v) is 3.00. The predicted molar refractivity (Wildman–Crippen MR) is 101 cm³/mol. The molecule has 0 atom stereocenters. The molecule has 0 radical (unpaired) electrons. The van der Waals surface area contributed by atoms with Crippen LogP contribution in [0.3, 0.4) is 0 Å². The molecule has 0 saturated carbocycles. The van der Waals surface area contributed by atoms with E-state index >= 15 is 0 Å². The first-order valence-corrected chi connectivity index (χ1v) is 8.85. The number of rotatable bonds is 4. The highest BCUT2D eigenvalue weighted by molar-refractivity contribution is 6.00. The lowest BCUT2D eigenvalue weighted by Crippen LogP contribution is -2.36. The van der Waals surface area contributed by atoms with Crippen molar-refractivity contribution in [3.63, 3.8) is 0 Å². The van der Waals surface area contributed by atoms with E-state index in [1.807, 2.05) is 6.07 Å². The molecule has 1 fully saturated rings. The monoisotopic (exact) mass is 381 g/mol. The second kappa shape index (κ2) is 7.65. The maximum absolute atomic E-state index is 12.4. The first kappa shape index (κ1) is 17.9. The lowest BCUT2D eigenvalue weighted by molar-refractivity contribution is 0.0943. The summed E-state index contributed by atoms with van der Waals surface area (Å²) in [5, 5.41) is 22.8. The maximum Gasteiger partial charge on any atom is 0.274 e. The Morgan fingerprint density at radius 3 is 2.68 bits per heavy atom. The molecule has 3 N–H and O–H groups in total. The summed E-state index contributed by atoms with van der Waals surface area (Å²) < 4.78 is 5.35. The van der Waals surface area contributed by atoms with Gasteiger partial charge < -0.3 is 25.2 Å². The highest BCUT2D eigenvalue weighted by Gasteiger charge is 2.18. The molecular formula is C19H19N5O4. The van der Waals surface area contributed by atoms with Gasteiger partial charge in [0.25, 0.3) is 5.91 Å². The van der Waals surface area contributed by atoms with Crippen molar-refractivity contribution in [1.29, 1.82) is 0 Å². The number of aromatic hydroxyl groups is 2. The van der Waals surface area contributed by atoms with Gasteiger partial charge in [0, 0.05) is 37.3 Å². The highest BCUT2D eigenvalue weighted by Crippen LogP contribution is 2.28. The SMILES string of the molecule is O=C(NCc1ccc(O)nc1)c1ncc2nc(N3CCOCC3)ccc2c1O. The minimum absolute atomic E-state index is 0.0693. The van der Waals surface area contributed by atoms with Gasteiger partial charge in [-0.05, 0) is 17.7 Å². The Morgan fingerprint density at radius 2 is 1.93 bits per heavy atom. The molecule has 4 rings (SSSR count). The van der Waals surface area contributed by atoms with E-state index in [9.17, 15) is 15.0 Å².